The van der Waals surface area contributed by atoms with E-state index in [1.807, 2.05) is 6.26 Å². The summed E-state index contributed by atoms with van der Waals surface area (Å²) in [6, 6.07) is 5.63. The minimum Gasteiger partial charge on any atom is -0.352 e. The molecular formula is C18H26FN3O2S. The van der Waals surface area contributed by atoms with Gasteiger partial charge in [-0.1, -0.05) is 12.1 Å². The van der Waals surface area contributed by atoms with Gasteiger partial charge in [0.15, 0.2) is 0 Å². The van der Waals surface area contributed by atoms with Gasteiger partial charge in [0.25, 0.3) is 0 Å². The van der Waals surface area contributed by atoms with E-state index >= 15 is 0 Å². The number of piperidine rings is 1. The van der Waals surface area contributed by atoms with E-state index in [0.29, 0.717) is 38.9 Å². The van der Waals surface area contributed by atoms with Crippen molar-refractivity contribution in [3.63, 3.8) is 0 Å². The topological polar surface area (TPSA) is 75.4 Å². The smallest absolute Gasteiger partial charge is 0.239 e. The summed E-state index contributed by atoms with van der Waals surface area (Å²) in [5.41, 5.74) is 6.80. The molecule has 3 N–H and O–H groups in total. The zero-order valence-corrected chi connectivity index (χ0v) is 15.4. The summed E-state index contributed by atoms with van der Waals surface area (Å²) in [7, 11) is 0. The Morgan fingerprint density at radius 1 is 1.32 bits per heavy atom. The number of hydrogen-bond acceptors (Lipinski definition) is 4. The number of hydrogen-bond donors (Lipinski definition) is 2. The monoisotopic (exact) mass is 367 g/mol. The SMILES string of the molecule is CSCC[C@H](N)C(=O)N1CCC(C(=O)NCc2ccc(F)cc2)CC1. The minimum absolute atomic E-state index is 0.0110. The number of carbonyl (C=O) groups is 2. The highest BCUT2D eigenvalue weighted by Gasteiger charge is 2.29. The number of nitrogens with two attached hydrogens (primary N) is 1. The number of nitrogens with one attached hydrogen (secondary N) is 1. The summed E-state index contributed by atoms with van der Waals surface area (Å²) in [6.45, 7) is 1.53. The number of amides is 2. The van der Waals surface area contributed by atoms with Crippen molar-refractivity contribution in [2.75, 3.05) is 25.1 Å². The average molecular weight is 367 g/mol. The van der Waals surface area contributed by atoms with Crippen molar-refractivity contribution in [2.24, 2.45) is 11.7 Å². The summed E-state index contributed by atoms with van der Waals surface area (Å²) in [5.74, 6) is 0.465. The van der Waals surface area contributed by atoms with Crippen molar-refractivity contribution in [2.45, 2.75) is 31.8 Å². The predicted octanol–water partition coefficient (Wildman–Crippen LogP) is 1.76. The lowest BCUT2D eigenvalue weighted by atomic mass is 9.95. The van der Waals surface area contributed by atoms with Crippen molar-refractivity contribution in [3.8, 4) is 0 Å². The molecule has 1 aliphatic heterocycles. The Kier molecular flexibility index (Phi) is 7.71. The fourth-order valence-corrected chi connectivity index (χ4v) is 3.39. The van der Waals surface area contributed by atoms with Crippen molar-refractivity contribution >= 4 is 23.6 Å². The molecule has 0 bridgehead atoms. The van der Waals surface area contributed by atoms with Crippen LogP contribution in [0.5, 0.6) is 0 Å². The van der Waals surface area contributed by atoms with Gasteiger partial charge in [0.2, 0.25) is 11.8 Å². The van der Waals surface area contributed by atoms with E-state index in [4.69, 9.17) is 5.73 Å². The molecule has 1 aromatic carbocycles. The van der Waals surface area contributed by atoms with Gasteiger partial charge in [0, 0.05) is 25.6 Å². The standard InChI is InChI=1S/C18H26FN3O2S/c1-25-11-8-16(20)18(24)22-9-6-14(7-10-22)17(23)21-12-13-2-4-15(19)5-3-13/h2-5,14,16H,6-12,20H2,1H3,(H,21,23)/t16-/m0/s1. The largest absolute Gasteiger partial charge is 0.352 e. The molecule has 1 fully saturated rings. The maximum atomic E-state index is 12.9. The maximum Gasteiger partial charge on any atom is 0.239 e. The van der Waals surface area contributed by atoms with Crippen LogP contribution in [-0.2, 0) is 16.1 Å². The third-order valence-electron chi connectivity index (χ3n) is 4.51. The van der Waals surface area contributed by atoms with Crippen LogP contribution in [0.15, 0.2) is 24.3 Å². The lowest BCUT2D eigenvalue weighted by Crippen LogP contribution is -2.49. The van der Waals surface area contributed by atoms with Crippen molar-refractivity contribution < 1.29 is 14.0 Å². The molecule has 0 aromatic heterocycles. The Labute approximate surface area is 152 Å². The zero-order chi connectivity index (χ0) is 18.2. The molecule has 2 rings (SSSR count). The maximum absolute atomic E-state index is 12.9. The Morgan fingerprint density at radius 3 is 2.56 bits per heavy atom. The summed E-state index contributed by atoms with van der Waals surface area (Å²) in [4.78, 5) is 26.3. The van der Waals surface area contributed by atoms with Gasteiger partial charge in [0.1, 0.15) is 5.82 Å². The average Bonchev–Trinajstić information content (AvgIpc) is 2.65. The third kappa shape index (κ3) is 6.01. The number of nitrogens with zero attached hydrogens (tertiary/aromatic N) is 1. The molecule has 5 nitrogen and oxygen atoms in total. The Morgan fingerprint density at radius 2 is 1.96 bits per heavy atom. The molecule has 0 radical (unpaired) electrons. The summed E-state index contributed by atoms with van der Waals surface area (Å²) in [6.07, 6.45) is 3.97. The van der Waals surface area contributed by atoms with Crippen molar-refractivity contribution in [1.82, 2.24) is 10.2 Å². The van der Waals surface area contributed by atoms with Crippen molar-refractivity contribution in [3.05, 3.63) is 35.6 Å². The lowest BCUT2D eigenvalue weighted by Gasteiger charge is -2.33. The van der Waals surface area contributed by atoms with E-state index in [2.05, 4.69) is 5.32 Å². The normalized spacial score (nSPS) is 16.5. The van der Waals surface area contributed by atoms with Gasteiger partial charge >= 0.3 is 0 Å². The van der Waals surface area contributed by atoms with Crippen LogP contribution in [0.1, 0.15) is 24.8 Å². The molecule has 7 heteroatoms. The number of rotatable bonds is 7. The molecule has 1 saturated heterocycles. The van der Waals surface area contributed by atoms with E-state index in [-0.39, 0.29) is 23.5 Å². The van der Waals surface area contributed by atoms with Gasteiger partial charge in [-0.05, 0) is 49.0 Å². The van der Waals surface area contributed by atoms with E-state index in [1.54, 1.807) is 28.8 Å². The van der Waals surface area contributed by atoms with Crippen LogP contribution < -0.4 is 11.1 Å². The molecule has 25 heavy (non-hydrogen) atoms. The van der Waals surface area contributed by atoms with Gasteiger partial charge in [-0.2, -0.15) is 11.8 Å². The summed E-state index contributed by atoms with van der Waals surface area (Å²) in [5, 5.41) is 2.89. The van der Waals surface area contributed by atoms with Gasteiger partial charge in [-0.3, -0.25) is 9.59 Å². The molecule has 0 aliphatic carbocycles. The van der Waals surface area contributed by atoms with Crippen LogP contribution in [-0.4, -0.2) is 47.9 Å². The molecular weight excluding hydrogens is 341 g/mol. The second-order valence-corrected chi connectivity index (χ2v) is 7.32. The van der Waals surface area contributed by atoms with Crippen LogP contribution in [0.4, 0.5) is 4.39 Å². The third-order valence-corrected chi connectivity index (χ3v) is 5.15. The Bertz CT molecular complexity index is 574. The fourth-order valence-electron chi connectivity index (χ4n) is 2.90. The van der Waals surface area contributed by atoms with Crippen LogP contribution in [0.3, 0.4) is 0 Å². The number of benzene rings is 1. The van der Waals surface area contributed by atoms with Gasteiger partial charge in [0.05, 0.1) is 6.04 Å². The van der Waals surface area contributed by atoms with Crippen molar-refractivity contribution in [1.29, 1.82) is 0 Å². The first-order chi connectivity index (χ1) is 12.0. The highest BCUT2D eigenvalue weighted by atomic mass is 32.2. The lowest BCUT2D eigenvalue weighted by molar-refractivity contribution is -0.136. The zero-order valence-electron chi connectivity index (χ0n) is 14.5. The van der Waals surface area contributed by atoms with E-state index in [0.717, 1.165) is 11.3 Å². The number of thioether (sulfide) groups is 1. The number of likely N-dealkylation sites (tertiary alicyclic amines) is 1. The highest BCUT2D eigenvalue weighted by Crippen LogP contribution is 2.18. The first kappa shape index (κ1) is 19.7. The van der Waals surface area contributed by atoms with E-state index in [1.165, 1.54) is 12.1 Å². The van der Waals surface area contributed by atoms with Crippen LogP contribution in [0.25, 0.3) is 0 Å². The molecule has 0 spiro atoms. The van der Waals surface area contributed by atoms with Crippen LogP contribution in [0.2, 0.25) is 0 Å². The fraction of sp³-hybridized carbons (Fsp3) is 0.556. The molecule has 2 amide bonds. The Hall–Kier alpha value is -1.60. The van der Waals surface area contributed by atoms with Gasteiger partial charge in [-0.15, -0.1) is 0 Å². The predicted molar refractivity (Wildman–Crippen MR) is 98.5 cm³/mol. The van der Waals surface area contributed by atoms with Crippen LogP contribution in [0, 0.1) is 11.7 Å². The summed E-state index contributed by atoms with van der Waals surface area (Å²) >= 11 is 1.68. The summed E-state index contributed by atoms with van der Waals surface area (Å²) < 4.78 is 12.9. The van der Waals surface area contributed by atoms with Crippen LogP contribution >= 0.6 is 11.8 Å². The molecule has 1 aliphatic rings. The molecule has 138 valence electrons. The Balaban J connectivity index is 1.74. The van der Waals surface area contributed by atoms with Gasteiger partial charge < -0.3 is 16.0 Å². The molecule has 1 aromatic rings. The second kappa shape index (κ2) is 9.77. The number of carbonyl (C=O) groups excluding carboxylic acids is 2. The van der Waals surface area contributed by atoms with E-state index in [9.17, 15) is 14.0 Å². The molecule has 1 atom stereocenters. The minimum atomic E-state index is -0.448. The first-order valence-electron chi connectivity index (χ1n) is 8.56. The first-order valence-corrected chi connectivity index (χ1v) is 9.96. The number of halogens is 1. The highest BCUT2D eigenvalue weighted by molar-refractivity contribution is 7.98. The quantitative estimate of drug-likeness (QED) is 0.770. The second-order valence-electron chi connectivity index (χ2n) is 6.33. The molecule has 0 saturated carbocycles. The molecule has 0 unspecified atom stereocenters. The van der Waals surface area contributed by atoms with E-state index < -0.39 is 6.04 Å². The molecule has 1 heterocycles. The van der Waals surface area contributed by atoms with Gasteiger partial charge in [-0.25, -0.2) is 4.39 Å².